The van der Waals surface area contributed by atoms with Crippen LogP contribution in [0.2, 0.25) is 0 Å². The third-order valence-corrected chi connectivity index (χ3v) is 7.10. The Morgan fingerprint density at radius 3 is 2.20 bits per heavy atom. The maximum Gasteiger partial charge on any atom is 0.343 e. The van der Waals surface area contributed by atoms with E-state index in [1.165, 1.54) is 18.2 Å². The van der Waals surface area contributed by atoms with Crippen LogP contribution in [0.15, 0.2) is 55.1 Å². The summed E-state index contributed by atoms with van der Waals surface area (Å²) >= 11 is 0. The molecule has 1 aliphatic rings. The highest BCUT2D eigenvalue weighted by Gasteiger charge is 2.27. The zero-order chi connectivity index (χ0) is 28.7. The Labute approximate surface area is 235 Å². The van der Waals surface area contributed by atoms with Crippen LogP contribution in [0.4, 0.5) is 0 Å². The van der Waals surface area contributed by atoms with Gasteiger partial charge in [-0.05, 0) is 99.7 Å². The third-order valence-electron chi connectivity index (χ3n) is 7.10. The lowest BCUT2D eigenvalue weighted by Crippen LogP contribution is -2.25. The first-order chi connectivity index (χ1) is 19.4. The van der Waals surface area contributed by atoms with Gasteiger partial charge in [0, 0.05) is 6.08 Å². The first-order valence-corrected chi connectivity index (χ1v) is 14.0. The number of rotatable bonds is 15. The molecule has 0 aliphatic heterocycles. The quantitative estimate of drug-likeness (QED) is 0.0813. The fraction of sp³-hybridized carbons (Fsp3) is 0.438. The molecule has 0 amide bonds. The van der Waals surface area contributed by atoms with Gasteiger partial charge in [-0.15, -0.1) is 0 Å². The van der Waals surface area contributed by atoms with E-state index in [0.29, 0.717) is 36.7 Å². The number of hydrogen-bond donors (Lipinski definition) is 0. The largest absolute Gasteiger partial charge is 0.494 e. The molecule has 2 aromatic rings. The number of ether oxygens (including phenoxy) is 4. The molecular weight excluding hydrogens is 512 g/mol. The number of aldehydes is 1. The van der Waals surface area contributed by atoms with E-state index in [1.807, 2.05) is 0 Å². The van der Waals surface area contributed by atoms with Gasteiger partial charge in [0.15, 0.2) is 6.29 Å². The van der Waals surface area contributed by atoms with Crippen LogP contribution in [-0.4, -0.2) is 37.4 Å². The molecule has 8 nitrogen and oxygen atoms in total. The van der Waals surface area contributed by atoms with Crippen molar-refractivity contribution in [2.45, 2.75) is 64.7 Å². The molecule has 0 atom stereocenters. The summed E-state index contributed by atoms with van der Waals surface area (Å²) in [6, 6.07) is 11.0. The smallest absolute Gasteiger partial charge is 0.343 e. The second-order valence-corrected chi connectivity index (χ2v) is 9.91. The van der Waals surface area contributed by atoms with Crippen molar-refractivity contribution in [1.82, 2.24) is 0 Å². The van der Waals surface area contributed by atoms with E-state index in [9.17, 15) is 19.2 Å². The summed E-state index contributed by atoms with van der Waals surface area (Å²) in [4.78, 5) is 47.9. The Balaban J connectivity index is 1.43. The molecule has 0 spiro atoms. The number of benzene rings is 2. The standard InChI is InChI=1S/C32H38O8/c1-3-23-9-11-24(12-10-23)32(36)40-29-18-17-28(21-26(29)22-33)39-31(35)25-13-15-27(16-14-25)37-19-7-5-6-8-20-38-30(34)4-2/h4,13-18,21-24H,2-3,5-12,19-20H2,1H3. The molecule has 214 valence electrons. The van der Waals surface area contributed by atoms with Crippen LogP contribution < -0.4 is 14.2 Å². The number of carbonyl (C=O) groups is 4. The first-order valence-electron chi connectivity index (χ1n) is 14.0. The van der Waals surface area contributed by atoms with Gasteiger partial charge in [-0.25, -0.2) is 9.59 Å². The number of unbranched alkanes of at least 4 members (excludes halogenated alkanes) is 3. The number of carbonyl (C=O) groups excluding carboxylic acids is 4. The minimum Gasteiger partial charge on any atom is -0.494 e. The van der Waals surface area contributed by atoms with Crippen molar-refractivity contribution >= 4 is 24.2 Å². The molecule has 8 heteroatoms. The zero-order valence-electron chi connectivity index (χ0n) is 23.1. The van der Waals surface area contributed by atoms with Gasteiger partial charge in [0.2, 0.25) is 0 Å². The summed E-state index contributed by atoms with van der Waals surface area (Å²) in [5, 5.41) is 0. The minimum atomic E-state index is -0.585. The maximum absolute atomic E-state index is 12.6. The predicted octanol–water partition coefficient (Wildman–Crippen LogP) is 6.51. The average molecular weight is 551 g/mol. The summed E-state index contributed by atoms with van der Waals surface area (Å²) < 4.78 is 21.6. The molecule has 0 bridgehead atoms. The van der Waals surface area contributed by atoms with Gasteiger partial charge >= 0.3 is 17.9 Å². The summed E-state index contributed by atoms with van der Waals surface area (Å²) in [5.41, 5.74) is 0.467. The van der Waals surface area contributed by atoms with Gasteiger partial charge in [0.25, 0.3) is 0 Å². The third kappa shape index (κ3) is 9.67. The molecule has 3 rings (SSSR count). The maximum atomic E-state index is 12.6. The highest BCUT2D eigenvalue weighted by molar-refractivity contribution is 5.91. The molecule has 0 radical (unpaired) electrons. The van der Waals surface area contributed by atoms with E-state index in [-0.39, 0.29) is 28.9 Å². The second kappa shape index (κ2) is 16.2. The van der Waals surface area contributed by atoms with Crippen LogP contribution in [0, 0.1) is 11.8 Å². The van der Waals surface area contributed by atoms with E-state index in [1.54, 1.807) is 24.3 Å². The summed E-state index contributed by atoms with van der Waals surface area (Å²) in [6.07, 6.45) is 9.97. The Kier molecular flexibility index (Phi) is 12.4. The zero-order valence-corrected chi connectivity index (χ0v) is 23.1. The van der Waals surface area contributed by atoms with Gasteiger partial charge in [-0.3, -0.25) is 9.59 Å². The van der Waals surface area contributed by atoms with E-state index in [4.69, 9.17) is 18.9 Å². The van der Waals surface area contributed by atoms with Gasteiger partial charge in [0.1, 0.15) is 17.2 Å². The van der Waals surface area contributed by atoms with Crippen LogP contribution in [0.25, 0.3) is 0 Å². The summed E-state index contributed by atoms with van der Waals surface area (Å²) in [6.45, 7) is 6.44. The molecule has 0 N–H and O–H groups in total. The average Bonchev–Trinajstić information content (AvgIpc) is 2.99. The van der Waals surface area contributed by atoms with Gasteiger partial charge in [-0.1, -0.05) is 19.9 Å². The molecular formula is C32H38O8. The topological polar surface area (TPSA) is 105 Å². The summed E-state index contributed by atoms with van der Waals surface area (Å²) in [5.74, 6) is 0.161. The molecule has 1 aliphatic carbocycles. The fourth-order valence-electron chi connectivity index (χ4n) is 4.61. The SMILES string of the molecule is C=CC(=O)OCCCCCCOc1ccc(C(=O)Oc2ccc(OC(=O)C3CCC(CC)CC3)c(C=O)c2)cc1. The number of hydrogen-bond acceptors (Lipinski definition) is 8. The van der Waals surface area contributed by atoms with Crippen molar-refractivity contribution < 1.29 is 38.1 Å². The lowest BCUT2D eigenvalue weighted by Gasteiger charge is -2.26. The Bertz CT molecular complexity index is 1150. The molecule has 1 saturated carbocycles. The summed E-state index contributed by atoms with van der Waals surface area (Å²) in [7, 11) is 0. The van der Waals surface area contributed by atoms with Gasteiger partial charge in [0.05, 0.1) is 30.3 Å². The van der Waals surface area contributed by atoms with Crippen molar-refractivity contribution in [3.63, 3.8) is 0 Å². The second-order valence-electron chi connectivity index (χ2n) is 9.91. The highest BCUT2D eigenvalue weighted by atomic mass is 16.5. The minimum absolute atomic E-state index is 0.141. The van der Waals surface area contributed by atoms with Crippen molar-refractivity contribution in [2.75, 3.05) is 13.2 Å². The van der Waals surface area contributed by atoms with Crippen LogP contribution in [0.5, 0.6) is 17.2 Å². The fourth-order valence-corrected chi connectivity index (χ4v) is 4.61. The van der Waals surface area contributed by atoms with Crippen molar-refractivity contribution in [3.05, 3.63) is 66.2 Å². The predicted molar refractivity (Wildman–Crippen MR) is 150 cm³/mol. The van der Waals surface area contributed by atoms with Crippen LogP contribution in [-0.2, 0) is 14.3 Å². The molecule has 0 heterocycles. The molecule has 0 aromatic heterocycles. The lowest BCUT2D eigenvalue weighted by molar-refractivity contribution is -0.140. The molecule has 40 heavy (non-hydrogen) atoms. The lowest BCUT2D eigenvalue weighted by atomic mass is 9.81. The van der Waals surface area contributed by atoms with Crippen LogP contribution in [0.3, 0.4) is 0 Å². The Morgan fingerprint density at radius 1 is 0.875 bits per heavy atom. The van der Waals surface area contributed by atoms with E-state index >= 15 is 0 Å². The Morgan fingerprint density at radius 2 is 1.55 bits per heavy atom. The van der Waals surface area contributed by atoms with E-state index in [0.717, 1.165) is 63.9 Å². The van der Waals surface area contributed by atoms with E-state index < -0.39 is 11.9 Å². The number of esters is 3. The normalized spacial score (nSPS) is 16.4. The van der Waals surface area contributed by atoms with E-state index in [2.05, 4.69) is 13.5 Å². The van der Waals surface area contributed by atoms with Crippen LogP contribution in [0.1, 0.15) is 85.4 Å². The van der Waals surface area contributed by atoms with Gasteiger partial charge in [-0.2, -0.15) is 0 Å². The molecule has 1 fully saturated rings. The van der Waals surface area contributed by atoms with Crippen molar-refractivity contribution in [3.8, 4) is 17.2 Å². The molecule has 0 saturated heterocycles. The highest BCUT2D eigenvalue weighted by Crippen LogP contribution is 2.32. The molecule has 2 aromatic carbocycles. The Hall–Kier alpha value is -3.94. The monoisotopic (exact) mass is 550 g/mol. The first kappa shape index (κ1) is 30.6. The molecule has 0 unspecified atom stereocenters. The van der Waals surface area contributed by atoms with Gasteiger partial charge < -0.3 is 18.9 Å². The van der Waals surface area contributed by atoms with Crippen molar-refractivity contribution in [1.29, 1.82) is 0 Å². The van der Waals surface area contributed by atoms with Crippen molar-refractivity contribution in [2.24, 2.45) is 11.8 Å². The van der Waals surface area contributed by atoms with Crippen LogP contribution >= 0.6 is 0 Å².